The van der Waals surface area contributed by atoms with Gasteiger partial charge in [-0.25, -0.2) is 4.98 Å². The molecular formula is C13H22N4O. The summed E-state index contributed by atoms with van der Waals surface area (Å²) in [6, 6.07) is 0. The van der Waals surface area contributed by atoms with E-state index in [1.807, 2.05) is 0 Å². The molecule has 1 aromatic rings. The minimum Gasteiger partial charge on any atom is -0.356 e. The second-order valence-electron chi connectivity index (χ2n) is 5.13. The van der Waals surface area contributed by atoms with Crippen molar-refractivity contribution in [2.75, 3.05) is 32.5 Å². The maximum Gasteiger partial charge on any atom is 0.255 e. The van der Waals surface area contributed by atoms with Gasteiger partial charge < -0.3 is 10.2 Å². The summed E-state index contributed by atoms with van der Waals surface area (Å²) in [5.74, 6) is 0.624. The van der Waals surface area contributed by atoms with Crippen molar-refractivity contribution in [3.8, 4) is 0 Å². The monoisotopic (exact) mass is 250 g/mol. The van der Waals surface area contributed by atoms with E-state index in [4.69, 9.17) is 0 Å². The molecule has 0 amide bonds. The molecule has 0 saturated heterocycles. The first-order valence-corrected chi connectivity index (χ1v) is 6.67. The van der Waals surface area contributed by atoms with Crippen LogP contribution in [0.3, 0.4) is 0 Å². The maximum atomic E-state index is 11.9. The van der Waals surface area contributed by atoms with Crippen LogP contribution in [0, 0.1) is 0 Å². The highest BCUT2D eigenvalue weighted by atomic mass is 16.1. The molecule has 18 heavy (non-hydrogen) atoms. The largest absolute Gasteiger partial charge is 0.356 e. The highest BCUT2D eigenvalue weighted by Crippen LogP contribution is 2.16. The van der Waals surface area contributed by atoms with E-state index in [-0.39, 0.29) is 5.56 Å². The molecule has 0 aliphatic heterocycles. The number of aromatic amines is 1. The first kappa shape index (κ1) is 13.1. The van der Waals surface area contributed by atoms with Gasteiger partial charge in [0.05, 0.1) is 5.69 Å². The summed E-state index contributed by atoms with van der Waals surface area (Å²) < 4.78 is 0. The minimum atomic E-state index is 0.0369. The van der Waals surface area contributed by atoms with E-state index in [2.05, 4.69) is 34.3 Å². The van der Waals surface area contributed by atoms with Crippen LogP contribution in [0.15, 0.2) is 4.79 Å². The van der Waals surface area contributed by atoms with E-state index in [1.54, 1.807) is 0 Å². The number of anilines is 1. The summed E-state index contributed by atoms with van der Waals surface area (Å²) in [5, 5.41) is 3.20. The molecule has 5 nitrogen and oxygen atoms in total. The Morgan fingerprint density at radius 1 is 1.33 bits per heavy atom. The van der Waals surface area contributed by atoms with Gasteiger partial charge in [0.2, 0.25) is 5.95 Å². The summed E-state index contributed by atoms with van der Waals surface area (Å²) in [5.41, 5.74) is 1.91. The maximum absolute atomic E-state index is 11.9. The summed E-state index contributed by atoms with van der Waals surface area (Å²) >= 11 is 0. The van der Waals surface area contributed by atoms with Crippen molar-refractivity contribution in [3.63, 3.8) is 0 Å². The third-order valence-electron chi connectivity index (χ3n) is 3.27. The second kappa shape index (κ2) is 6.00. The zero-order valence-electron chi connectivity index (χ0n) is 11.3. The standard InChI is InChI=1S/C13H22N4O/c1-17(2)9-5-8-14-13-15-11-7-4-3-6-10(11)12(18)16-13/h3-9H2,1-2H3,(H2,14,15,16,18). The quantitative estimate of drug-likeness (QED) is 0.766. The van der Waals surface area contributed by atoms with Crippen LogP contribution in [-0.2, 0) is 12.8 Å². The Morgan fingerprint density at radius 3 is 2.89 bits per heavy atom. The van der Waals surface area contributed by atoms with E-state index in [9.17, 15) is 4.79 Å². The normalized spacial score (nSPS) is 14.6. The molecule has 1 heterocycles. The number of fused-ring (bicyclic) bond motifs is 1. The van der Waals surface area contributed by atoms with Gasteiger partial charge in [-0.2, -0.15) is 0 Å². The molecule has 0 saturated carbocycles. The smallest absolute Gasteiger partial charge is 0.255 e. The van der Waals surface area contributed by atoms with Crippen LogP contribution in [0.2, 0.25) is 0 Å². The average molecular weight is 250 g/mol. The molecule has 0 aromatic carbocycles. The number of nitrogens with one attached hydrogen (secondary N) is 2. The Kier molecular flexibility index (Phi) is 4.36. The van der Waals surface area contributed by atoms with Crippen molar-refractivity contribution in [1.82, 2.24) is 14.9 Å². The summed E-state index contributed by atoms with van der Waals surface area (Å²) in [6.45, 7) is 1.86. The fourth-order valence-corrected chi connectivity index (χ4v) is 2.29. The van der Waals surface area contributed by atoms with Crippen molar-refractivity contribution in [3.05, 3.63) is 21.6 Å². The minimum absolute atomic E-state index is 0.0369. The Balaban J connectivity index is 1.97. The molecule has 5 heteroatoms. The zero-order valence-corrected chi connectivity index (χ0v) is 11.3. The summed E-state index contributed by atoms with van der Waals surface area (Å²) in [6.07, 6.45) is 5.09. The van der Waals surface area contributed by atoms with E-state index in [0.29, 0.717) is 5.95 Å². The first-order valence-electron chi connectivity index (χ1n) is 6.67. The zero-order chi connectivity index (χ0) is 13.0. The van der Waals surface area contributed by atoms with Gasteiger partial charge in [0.25, 0.3) is 5.56 Å². The topological polar surface area (TPSA) is 61.0 Å². The lowest BCUT2D eigenvalue weighted by Gasteiger charge is -2.15. The van der Waals surface area contributed by atoms with Crippen molar-refractivity contribution in [1.29, 1.82) is 0 Å². The van der Waals surface area contributed by atoms with Crippen LogP contribution in [0.4, 0.5) is 5.95 Å². The lowest BCUT2D eigenvalue weighted by Crippen LogP contribution is -2.23. The number of rotatable bonds is 5. The summed E-state index contributed by atoms with van der Waals surface area (Å²) in [4.78, 5) is 21.4. The predicted octanol–water partition coefficient (Wildman–Crippen LogP) is 1.01. The lowest BCUT2D eigenvalue weighted by atomic mass is 9.97. The van der Waals surface area contributed by atoms with Crippen LogP contribution in [0.25, 0.3) is 0 Å². The highest BCUT2D eigenvalue weighted by Gasteiger charge is 2.15. The molecule has 1 aliphatic carbocycles. The van der Waals surface area contributed by atoms with Crippen molar-refractivity contribution >= 4 is 5.95 Å². The molecule has 2 N–H and O–H groups in total. The molecular weight excluding hydrogens is 228 g/mol. The number of aromatic nitrogens is 2. The Morgan fingerprint density at radius 2 is 2.11 bits per heavy atom. The first-order chi connectivity index (χ1) is 8.66. The molecule has 0 fully saturated rings. The van der Waals surface area contributed by atoms with E-state index in [1.165, 1.54) is 0 Å². The number of hydrogen-bond acceptors (Lipinski definition) is 4. The fraction of sp³-hybridized carbons (Fsp3) is 0.692. The molecule has 0 atom stereocenters. The van der Waals surface area contributed by atoms with Gasteiger partial charge >= 0.3 is 0 Å². The van der Waals surface area contributed by atoms with E-state index >= 15 is 0 Å². The Hall–Kier alpha value is -1.36. The van der Waals surface area contributed by atoms with Crippen LogP contribution < -0.4 is 10.9 Å². The van der Waals surface area contributed by atoms with Crippen molar-refractivity contribution < 1.29 is 0 Å². The molecule has 1 aliphatic rings. The van der Waals surface area contributed by atoms with E-state index in [0.717, 1.165) is 56.5 Å². The van der Waals surface area contributed by atoms with Crippen LogP contribution in [0.5, 0.6) is 0 Å². The number of nitrogens with zero attached hydrogens (tertiary/aromatic N) is 2. The molecule has 0 radical (unpaired) electrons. The molecule has 2 rings (SSSR count). The Bertz CT molecular complexity index is 453. The predicted molar refractivity (Wildman–Crippen MR) is 73.2 cm³/mol. The Labute approximate surface area is 108 Å². The fourth-order valence-electron chi connectivity index (χ4n) is 2.29. The van der Waals surface area contributed by atoms with Gasteiger partial charge in [-0.15, -0.1) is 0 Å². The number of hydrogen-bond donors (Lipinski definition) is 2. The third-order valence-corrected chi connectivity index (χ3v) is 3.27. The second-order valence-corrected chi connectivity index (χ2v) is 5.13. The summed E-state index contributed by atoms with van der Waals surface area (Å²) in [7, 11) is 4.11. The SMILES string of the molecule is CN(C)CCCNc1nc2c(c(=O)[nH]1)CCCC2. The average Bonchev–Trinajstić information content (AvgIpc) is 2.35. The lowest BCUT2D eigenvalue weighted by molar-refractivity contribution is 0.405. The molecule has 0 bridgehead atoms. The third kappa shape index (κ3) is 3.32. The van der Waals surface area contributed by atoms with Crippen LogP contribution >= 0.6 is 0 Å². The van der Waals surface area contributed by atoms with Gasteiger partial charge in [0.15, 0.2) is 0 Å². The van der Waals surface area contributed by atoms with Crippen LogP contribution in [0.1, 0.15) is 30.5 Å². The molecule has 0 unspecified atom stereocenters. The number of H-pyrrole nitrogens is 1. The van der Waals surface area contributed by atoms with Crippen molar-refractivity contribution in [2.45, 2.75) is 32.1 Å². The van der Waals surface area contributed by atoms with Gasteiger partial charge in [-0.1, -0.05) is 0 Å². The van der Waals surface area contributed by atoms with Crippen molar-refractivity contribution in [2.24, 2.45) is 0 Å². The van der Waals surface area contributed by atoms with E-state index < -0.39 is 0 Å². The van der Waals surface area contributed by atoms with Gasteiger partial charge in [0, 0.05) is 12.1 Å². The highest BCUT2D eigenvalue weighted by molar-refractivity contribution is 5.30. The number of aryl methyl sites for hydroxylation is 1. The molecule has 0 spiro atoms. The molecule has 100 valence electrons. The molecule has 1 aromatic heterocycles. The van der Waals surface area contributed by atoms with Gasteiger partial charge in [-0.05, 0) is 52.7 Å². The van der Waals surface area contributed by atoms with Gasteiger partial charge in [0.1, 0.15) is 0 Å². The van der Waals surface area contributed by atoms with Gasteiger partial charge in [-0.3, -0.25) is 9.78 Å². The van der Waals surface area contributed by atoms with Crippen LogP contribution in [-0.4, -0.2) is 42.1 Å².